The van der Waals surface area contributed by atoms with Gasteiger partial charge in [-0.05, 0) is 36.0 Å². The molecule has 1 saturated carbocycles. The van der Waals surface area contributed by atoms with Gasteiger partial charge in [0.15, 0.2) is 5.75 Å². The summed E-state index contributed by atoms with van der Waals surface area (Å²) >= 11 is 0. The minimum Gasteiger partial charge on any atom is -0.421 e. The molecule has 3 heterocycles. The van der Waals surface area contributed by atoms with Crippen LogP contribution in [-0.4, -0.2) is 46.1 Å². The minimum absolute atomic E-state index is 0.333. The van der Waals surface area contributed by atoms with E-state index in [0.29, 0.717) is 35.5 Å². The normalized spacial score (nSPS) is 23.0. The van der Waals surface area contributed by atoms with Crippen molar-refractivity contribution in [2.75, 3.05) is 30.4 Å². The Morgan fingerprint density at radius 1 is 1.13 bits per heavy atom. The second-order valence-corrected chi connectivity index (χ2v) is 8.29. The summed E-state index contributed by atoms with van der Waals surface area (Å²) in [5, 5.41) is 3.30. The molecule has 152 valence electrons. The van der Waals surface area contributed by atoms with Gasteiger partial charge in [0.1, 0.15) is 11.6 Å². The molecule has 2 atom stereocenters. The molecule has 3 aromatic rings. The number of nitrogens with one attached hydrogen (secondary N) is 1. The van der Waals surface area contributed by atoms with Gasteiger partial charge in [-0.3, -0.25) is 0 Å². The fourth-order valence-corrected chi connectivity index (χ4v) is 4.85. The molecule has 1 aromatic carbocycles. The molecule has 0 amide bonds. The molecule has 0 radical (unpaired) electrons. The highest BCUT2D eigenvalue weighted by Crippen LogP contribution is 2.50. The molecule has 2 unspecified atom stereocenters. The van der Waals surface area contributed by atoms with Gasteiger partial charge in [-0.15, -0.1) is 0 Å². The largest absolute Gasteiger partial charge is 0.421 e. The molecule has 2 aliphatic carbocycles. The van der Waals surface area contributed by atoms with Gasteiger partial charge in [0.2, 0.25) is 0 Å². The van der Waals surface area contributed by atoms with Crippen molar-refractivity contribution in [1.82, 2.24) is 19.9 Å². The smallest absolute Gasteiger partial charge is 0.324 e. The first-order valence-corrected chi connectivity index (χ1v) is 10.3. The lowest BCUT2D eigenvalue weighted by atomic mass is 10.1. The molecule has 0 bridgehead atoms. The van der Waals surface area contributed by atoms with Crippen LogP contribution >= 0.6 is 0 Å². The summed E-state index contributed by atoms with van der Waals surface area (Å²) in [5.74, 6) is 3.30. The number of rotatable bonds is 4. The average Bonchev–Trinajstić information content (AvgIpc) is 3.13. The van der Waals surface area contributed by atoms with E-state index in [-0.39, 0.29) is 0 Å². The van der Waals surface area contributed by atoms with E-state index in [0.717, 1.165) is 42.3 Å². The van der Waals surface area contributed by atoms with Gasteiger partial charge in [-0.25, -0.2) is 9.97 Å². The molecule has 6 rings (SSSR count). The van der Waals surface area contributed by atoms with Crippen LogP contribution in [0.3, 0.4) is 0 Å². The maximum absolute atomic E-state index is 6.18. The maximum atomic E-state index is 6.18. The molecule has 8 nitrogen and oxygen atoms in total. The van der Waals surface area contributed by atoms with Crippen molar-refractivity contribution in [3.05, 3.63) is 47.7 Å². The predicted molar refractivity (Wildman–Crippen MR) is 114 cm³/mol. The number of nitrogens with zero attached hydrogens (tertiary/aromatic N) is 5. The lowest BCUT2D eigenvalue weighted by molar-refractivity contribution is 0.435. The summed E-state index contributed by atoms with van der Waals surface area (Å²) in [4.78, 5) is 20.4. The van der Waals surface area contributed by atoms with E-state index in [1.165, 1.54) is 11.1 Å². The highest BCUT2D eigenvalue weighted by atomic mass is 16.5. The lowest BCUT2D eigenvalue weighted by Crippen LogP contribution is -2.29. The molecule has 3 N–H and O–H groups in total. The van der Waals surface area contributed by atoms with E-state index in [1.807, 2.05) is 14.0 Å². The van der Waals surface area contributed by atoms with Gasteiger partial charge in [0.25, 0.3) is 0 Å². The first-order valence-electron chi connectivity index (χ1n) is 10.3. The number of hydrogen-bond donors (Lipinski definition) is 2. The molecule has 1 saturated heterocycles. The fourth-order valence-electron chi connectivity index (χ4n) is 4.85. The molecule has 8 heteroatoms. The Labute approximate surface area is 174 Å². The van der Waals surface area contributed by atoms with E-state index in [4.69, 9.17) is 20.4 Å². The van der Waals surface area contributed by atoms with Crippen LogP contribution in [0.4, 0.5) is 11.5 Å². The zero-order valence-electron chi connectivity index (χ0n) is 17.0. The van der Waals surface area contributed by atoms with Crippen LogP contribution in [0.5, 0.6) is 11.8 Å². The summed E-state index contributed by atoms with van der Waals surface area (Å²) in [5.41, 5.74) is 11.9. The van der Waals surface area contributed by atoms with Gasteiger partial charge in [0, 0.05) is 43.9 Å². The second kappa shape index (κ2) is 6.37. The van der Waals surface area contributed by atoms with Crippen LogP contribution in [0.2, 0.25) is 0 Å². The molecule has 1 aliphatic heterocycles. The molecule has 3 aliphatic rings. The third-order valence-corrected chi connectivity index (χ3v) is 6.53. The quantitative estimate of drug-likeness (QED) is 0.537. The Kier molecular flexibility index (Phi) is 3.73. The molecular weight excluding hydrogens is 378 g/mol. The van der Waals surface area contributed by atoms with Gasteiger partial charge in [-0.2, -0.15) is 9.97 Å². The monoisotopic (exact) mass is 401 g/mol. The third kappa shape index (κ3) is 2.64. The van der Waals surface area contributed by atoms with Crippen molar-refractivity contribution >= 4 is 11.5 Å². The van der Waals surface area contributed by atoms with E-state index in [2.05, 4.69) is 38.4 Å². The number of aromatic nitrogens is 4. The Hall–Kier alpha value is -3.26. The number of fused-ring (bicyclic) bond motifs is 4. The standard InChI is InChI=1S/C22H23N7O/c1-11-25-7-12(8-26-11)30-22-27-18-6-14-13(4-3-5-17(14)24-2)19(18)21(28-22)29-9-15-16(10-29)20(15)23/h3-5,7-8,15-16,20,24H,6,9-10,23H2,1-2H3. The lowest BCUT2D eigenvalue weighted by Gasteiger charge is -2.23. The Balaban J connectivity index is 1.44. The molecular formula is C22H23N7O. The van der Waals surface area contributed by atoms with Crippen LogP contribution in [0.15, 0.2) is 30.6 Å². The SMILES string of the molecule is CNc1cccc2c1Cc1nc(Oc3cnc(C)nc3)nc(N3CC4C(N)C4C3)c1-2. The van der Waals surface area contributed by atoms with E-state index in [1.54, 1.807) is 12.4 Å². The van der Waals surface area contributed by atoms with Gasteiger partial charge in [-0.1, -0.05) is 12.1 Å². The number of ether oxygens (including phenoxy) is 1. The summed E-state index contributed by atoms with van der Waals surface area (Å²) in [6.07, 6.45) is 4.05. The number of hydrogen-bond acceptors (Lipinski definition) is 8. The van der Waals surface area contributed by atoms with Crippen molar-refractivity contribution in [1.29, 1.82) is 0 Å². The second-order valence-electron chi connectivity index (χ2n) is 8.29. The Morgan fingerprint density at radius 3 is 2.63 bits per heavy atom. The van der Waals surface area contributed by atoms with Crippen molar-refractivity contribution in [3.63, 3.8) is 0 Å². The minimum atomic E-state index is 0.333. The highest BCUT2D eigenvalue weighted by molar-refractivity contribution is 5.88. The number of anilines is 2. The predicted octanol–water partition coefficient (Wildman–Crippen LogP) is 2.37. The summed E-state index contributed by atoms with van der Waals surface area (Å²) < 4.78 is 5.96. The molecule has 0 spiro atoms. The third-order valence-electron chi connectivity index (χ3n) is 6.53. The molecule has 30 heavy (non-hydrogen) atoms. The summed E-state index contributed by atoms with van der Waals surface area (Å²) in [6, 6.07) is 7.00. The van der Waals surface area contributed by atoms with Crippen LogP contribution in [0, 0.1) is 18.8 Å². The van der Waals surface area contributed by atoms with Crippen molar-refractivity contribution < 1.29 is 4.74 Å². The van der Waals surface area contributed by atoms with Gasteiger partial charge >= 0.3 is 6.01 Å². The van der Waals surface area contributed by atoms with E-state index in [9.17, 15) is 0 Å². The molecule has 2 fully saturated rings. The summed E-state index contributed by atoms with van der Waals surface area (Å²) in [6.45, 7) is 3.71. The van der Waals surface area contributed by atoms with E-state index < -0.39 is 0 Å². The van der Waals surface area contributed by atoms with E-state index >= 15 is 0 Å². The van der Waals surface area contributed by atoms with Gasteiger partial charge in [0.05, 0.1) is 18.1 Å². The van der Waals surface area contributed by atoms with Crippen LogP contribution in [0.1, 0.15) is 17.1 Å². The number of piperidine rings is 1. The number of benzene rings is 1. The average molecular weight is 401 g/mol. The Morgan fingerprint density at radius 2 is 1.90 bits per heavy atom. The maximum Gasteiger partial charge on any atom is 0.324 e. The van der Waals surface area contributed by atoms with Crippen molar-refractivity contribution in [2.45, 2.75) is 19.4 Å². The van der Waals surface area contributed by atoms with Crippen molar-refractivity contribution in [2.24, 2.45) is 17.6 Å². The van der Waals surface area contributed by atoms with Crippen LogP contribution in [0.25, 0.3) is 11.1 Å². The topological polar surface area (TPSA) is 102 Å². The summed E-state index contributed by atoms with van der Waals surface area (Å²) in [7, 11) is 1.95. The first kappa shape index (κ1) is 17.6. The Bertz CT molecular complexity index is 1130. The zero-order chi connectivity index (χ0) is 20.4. The fraction of sp³-hybridized carbons (Fsp3) is 0.364. The zero-order valence-corrected chi connectivity index (χ0v) is 17.0. The van der Waals surface area contributed by atoms with Crippen molar-refractivity contribution in [3.8, 4) is 22.9 Å². The van der Waals surface area contributed by atoms with Crippen LogP contribution < -0.4 is 20.7 Å². The number of nitrogens with two attached hydrogens (primary N) is 1. The van der Waals surface area contributed by atoms with Gasteiger partial charge < -0.3 is 20.7 Å². The highest BCUT2D eigenvalue weighted by Gasteiger charge is 2.54. The number of aryl methyl sites for hydroxylation is 1. The first-order chi connectivity index (χ1) is 14.6. The molecule has 2 aromatic heterocycles. The van der Waals surface area contributed by atoms with Crippen LogP contribution in [-0.2, 0) is 6.42 Å².